The third-order valence-corrected chi connectivity index (χ3v) is 3.24. The molecule has 0 aromatic heterocycles. The lowest BCUT2D eigenvalue weighted by atomic mass is 10.2. The van der Waals surface area contributed by atoms with E-state index in [0.29, 0.717) is 0 Å². The van der Waals surface area contributed by atoms with Gasteiger partial charge in [-0.3, -0.25) is 4.90 Å². The molecule has 1 aromatic rings. The fraction of sp³-hybridized carbons (Fsp3) is 0.600. The molecule has 1 fully saturated rings. The minimum atomic E-state index is -0.176. The predicted octanol–water partition coefficient (Wildman–Crippen LogP) is 2.05. The maximum Gasteiger partial charge on any atom is 0.161 e. The Kier molecular flexibility index (Phi) is 4.66. The number of ether oxygens (including phenoxy) is 2. The highest BCUT2D eigenvalue weighted by atomic mass is 16.5. The zero-order chi connectivity index (χ0) is 13.8. The summed E-state index contributed by atoms with van der Waals surface area (Å²) in [5, 5.41) is 9.54. The average Bonchev–Trinajstić information content (AvgIpc) is 2.76. The largest absolute Gasteiger partial charge is 0.493 e. The maximum atomic E-state index is 9.54. The van der Waals surface area contributed by atoms with E-state index in [9.17, 15) is 5.11 Å². The molecule has 0 bridgehead atoms. The van der Waals surface area contributed by atoms with E-state index in [0.717, 1.165) is 37.6 Å². The third kappa shape index (κ3) is 3.85. The van der Waals surface area contributed by atoms with Crippen molar-refractivity contribution in [3.63, 3.8) is 0 Å². The number of aliphatic hydroxyl groups excluding tert-OH is 1. The van der Waals surface area contributed by atoms with Crippen molar-refractivity contribution in [3.8, 4) is 11.5 Å². The standard InChI is InChI=1S/C15H23NO3/c1-11(2)19-14-5-4-12(8-15(14)18-3)9-16-7-6-13(17)10-16/h4-5,8,11,13,17H,6-7,9-10H2,1-3H3/t13-/m1/s1. The first kappa shape index (κ1) is 14.2. The molecule has 0 saturated carbocycles. The van der Waals surface area contributed by atoms with Crippen LogP contribution in [0.5, 0.6) is 11.5 Å². The van der Waals surface area contributed by atoms with Crippen molar-refractivity contribution in [3.05, 3.63) is 23.8 Å². The Hall–Kier alpha value is -1.26. The fourth-order valence-electron chi connectivity index (χ4n) is 2.38. The molecule has 1 atom stereocenters. The number of rotatable bonds is 5. The Labute approximate surface area is 114 Å². The third-order valence-electron chi connectivity index (χ3n) is 3.24. The summed E-state index contributed by atoms with van der Waals surface area (Å²) >= 11 is 0. The quantitative estimate of drug-likeness (QED) is 0.884. The van der Waals surface area contributed by atoms with Crippen molar-refractivity contribution in [1.82, 2.24) is 4.90 Å². The van der Waals surface area contributed by atoms with Gasteiger partial charge in [-0.2, -0.15) is 0 Å². The minimum Gasteiger partial charge on any atom is -0.493 e. The number of methoxy groups -OCH3 is 1. The Morgan fingerprint density at radius 1 is 1.37 bits per heavy atom. The van der Waals surface area contributed by atoms with E-state index in [2.05, 4.69) is 11.0 Å². The molecular weight excluding hydrogens is 242 g/mol. The van der Waals surface area contributed by atoms with Gasteiger partial charge in [0.15, 0.2) is 11.5 Å². The van der Waals surface area contributed by atoms with Crippen molar-refractivity contribution in [2.75, 3.05) is 20.2 Å². The van der Waals surface area contributed by atoms with Gasteiger partial charge < -0.3 is 14.6 Å². The molecular formula is C15H23NO3. The number of likely N-dealkylation sites (tertiary alicyclic amines) is 1. The summed E-state index contributed by atoms with van der Waals surface area (Å²) in [5.74, 6) is 1.55. The lowest BCUT2D eigenvalue weighted by Crippen LogP contribution is -2.21. The Morgan fingerprint density at radius 2 is 2.16 bits per heavy atom. The van der Waals surface area contributed by atoms with Gasteiger partial charge in [0, 0.05) is 19.6 Å². The summed E-state index contributed by atoms with van der Waals surface area (Å²) in [6.45, 7) is 6.55. The molecule has 106 valence electrons. The van der Waals surface area contributed by atoms with Crippen molar-refractivity contribution >= 4 is 0 Å². The Bertz CT molecular complexity index is 420. The lowest BCUT2D eigenvalue weighted by molar-refractivity contribution is 0.174. The van der Waals surface area contributed by atoms with E-state index in [1.165, 1.54) is 5.56 Å². The Balaban J connectivity index is 2.06. The number of nitrogens with zero attached hydrogens (tertiary/aromatic N) is 1. The van der Waals surface area contributed by atoms with Crippen molar-refractivity contribution in [2.24, 2.45) is 0 Å². The van der Waals surface area contributed by atoms with Crippen LogP contribution in [-0.2, 0) is 6.54 Å². The van der Waals surface area contributed by atoms with Gasteiger partial charge in [0.05, 0.1) is 19.3 Å². The Morgan fingerprint density at radius 3 is 2.74 bits per heavy atom. The van der Waals surface area contributed by atoms with Gasteiger partial charge in [0.1, 0.15) is 0 Å². The molecule has 1 heterocycles. The molecule has 0 aliphatic carbocycles. The molecule has 4 heteroatoms. The van der Waals surface area contributed by atoms with Crippen LogP contribution in [0.15, 0.2) is 18.2 Å². The molecule has 4 nitrogen and oxygen atoms in total. The highest BCUT2D eigenvalue weighted by Gasteiger charge is 2.20. The monoisotopic (exact) mass is 265 g/mol. The van der Waals surface area contributed by atoms with E-state index < -0.39 is 0 Å². The predicted molar refractivity (Wildman–Crippen MR) is 74.7 cm³/mol. The first-order chi connectivity index (χ1) is 9.08. The molecule has 0 amide bonds. The van der Waals surface area contributed by atoms with E-state index in [1.807, 2.05) is 26.0 Å². The van der Waals surface area contributed by atoms with Gasteiger partial charge in [-0.1, -0.05) is 6.07 Å². The van der Waals surface area contributed by atoms with E-state index >= 15 is 0 Å². The summed E-state index contributed by atoms with van der Waals surface area (Å²) in [5.41, 5.74) is 1.18. The zero-order valence-corrected chi connectivity index (χ0v) is 11.9. The van der Waals surface area contributed by atoms with Crippen LogP contribution in [0.4, 0.5) is 0 Å². The number of benzene rings is 1. The first-order valence-corrected chi connectivity index (χ1v) is 6.82. The van der Waals surface area contributed by atoms with Crippen LogP contribution in [0.2, 0.25) is 0 Å². The second-order valence-electron chi connectivity index (χ2n) is 5.33. The number of β-amino-alcohol motifs (C(OH)–C–C–N with tert-alkyl or cyclic N) is 1. The second kappa shape index (κ2) is 6.26. The summed E-state index contributed by atoms with van der Waals surface area (Å²) in [4.78, 5) is 2.25. The van der Waals surface area contributed by atoms with Crippen LogP contribution >= 0.6 is 0 Å². The van der Waals surface area contributed by atoms with Gasteiger partial charge in [-0.15, -0.1) is 0 Å². The summed E-state index contributed by atoms with van der Waals surface area (Å²) in [6.07, 6.45) is 0.824. The molecule has 1 N–H and O–H groups in total. The molecule has 1 aromatic carbocycles. The number of hydrogen-bond donors (Lipinski definition) is 1. The lowest BCUT2D eigenvalue weighted by Gasteiger charge is -2.18. The van der Waals surface area contributed by atoms with Crippen LogP contribution in [0.3, 0.4) is 0 Å². The van der Waals surface area contributed by atoms with Crippen LogP contribution < -0.4 is 9.47 Å². The summed E-state index contributed by atoms with van der Waals surface area (Å²) in [6, 6.07) is 6.04. The highest BCUT2D eigenvalue weighted by Crippen LogP contribution is 2.29. The molecule has 1 aliphatic rings. The van der Waals surface area contributed by atoms with E-state index in [1.54, 1.807) is 7.11 Å². The highest BCUT2D eigenvalue weighted by molar-refractivity contribution is 5.43. The van der Waals surface area contributed by atoms with Crippen LogP contribution in [0.25, 0.3) is 0 Å². The number of hydrogen-bond acceptors (Lipinski definition) is 4. The van der Waals surface area contributed by atoms with Gasteiger partial charge in [0.2, 0.25) is 0 Å². The molecule has 0 radical (unpaired) electrons. The smallest absolute Gasteiger partial charge is 0.161 e. The van der Waals surface area contributed by atoms with Gasteiger partial charge >= 0.3 is 0 Å². The fourth-order valence-corrected chi connectivity index (χ4v) is 2.38. The second-order valence-corrected chi connectivity index (χ2v) is 5.33. The van der Waals surface area contributed by atoms with Gasteiger partial charge in [-0.05, 0) is 38.0 Å². The van der Waals surface area contributed by atoms with Gasteiger partial charge in [-0.25, -0.2) is 0 Å². The minimum absolute atomic E-state index is 0.133. The molecule has 2 rings (SSSR count). The first-order valence-electron chi connectivity index (χ1n) is 6.82. The molecule has 0 spiro atoms. The summed E-state index contributed by atoms with van der Waals surface area (Å²) in [7, 11) is 1.66. The van der Waals surface area contributed by atoms with E-state index in [-0.39, 0.29) is 12.2 Å². The summed E-state index contributed by atoms with van der Waals surface area (Å²) < 4.78 is 11.1. The van der Waals surface area contributed by atoms with Crippen LogP contribution in [0, 0.1) is 0 Å². The topological polar surface area (TPSA) is 41.9 Å². The number of aliphatic hydroxyl groups is 1. The molecule has 1 saturated heterocycles. The van der Waals surface area contributed by atoms with Crippen molar-refractivity contribution in [1.29, 1.82) is 0 Å². The normalized spacial score (nSPS) is 19.9. The SMILES string of the molecule is COc1cc(CN2CC[C@@H](O)C2)ccc1OC(C)C. The maximum absolute atomic E-state index is 9.54. The molecule has 0 unspecified atom stereocenters. The van der Waals surface area contributed by atoms with Crippen molar-refractivity contribution in [2.45, 2.75) is 39.0 Å². The van der Waals surface area contributed by atoms with E-state index in [4.69, 9.17) is 9.47 Å². The van der Waals surface area contributed by atoms with Gasteiger partial charge in [0.25, 0.3) is 0 Å². The average molecular weight is 265 g/mol. The zero-order valence-electron chi connectivity index (χ0n) is 11.9. The van der Waals surface area contributed by atoms with Crippen LogP contribution in [0.1, 0.15) is 25.8 Å². The molecule has 1 aliphatic heterocycles. The van der Waals surface area contributed by atoms with Crippen molar-refractivity contribution < 1.29 is 14.6 Å². The molecule has 19 heavy (non-hydrogen) atoms. The van der Waals surface area contributed by atoms with Crippen LogP contribution in [-0.4, -0.2) is 42.4 Å².